The molecule has 1 aromatic rings. The Balaban J connectivity index is 1.69. The van der Waals surface area contributed by atoms with Crippen molar-refractivity contribution >= 4 is 34.8 Å². The number of nitrogens with one attached hydrogen (secondary N) is 1. The lowest BCUT2D eigenvalue weighted by Gasteiger charge is -2.14. The molecule has 1 aromatic carbocycles. The van der Waals surface area contributed by atoms with Crippen LogP contribution in [0.4, 0.5) is 14.5 Å². The molecule has 2 fully saturated rings. The molecule has 2 unspecified atom stereocenters. The second kappa shape index (κ2) is 5.61. The molecule has 1 N–H and O–H groups in total. The number of anilines is 1. The Bertz CT molecular complexity index is 549. The van der Waals surface area contributed by atoms with Gasteiger partial charge >= 0.3 is 6.61 Å². The maximum atomic E-state index is 12.2. The molecule has 3 nitrogen and oxygen atoms in total. The lowest BCUT2D eigenvalue weighted by Crippen LogP contribution is -2.21. The second-order valence-corrected chi connectivity index (χ2v) is 6.38. The van der Waals surface area contributed by atoms with E-state index in [4.69, 9.17) is 23.2 Å². The summed E-state index contributed by atoms with van der Waals surface area (Å²) in [6.45, 7) is -3.01. The smallest absolute Gasteiger partial charge is 0.387 e. The number of rotatable bonds is 4. The van der Waals surface area contributed by atoms with Crippen LogP contribution in [0.1, 0.15) is 19.3 Å². The summed E-state index contributed by atoms with van der Waals surface area (Å²) in [4.78, 5) is 12.1. The van der Waals surface area contributed by atoms with Crippen LogP contribution in [0.15, 0.2) is 12.1 Å². The molecular weight excluding hydrogens is 323 g/mol. The highest BCUT2D eigenvalue weighted by atomic mass is 35.5. The molecule has 0 radical (unpaired) electrons. The van der Waals surface area contributed by atoms with E-state index in [0.717, 1.165) is 12.8 Å². The quantitative estimate of drug-likeness (QED) is 0.874. The first kappa shape index (κ1) is 14.9. The monoisotopic (exact) mass is 335 g/mol. The third-order valence-electron chi connectivity index (χ3n) is 4.09. The molecule has 3 rings (SSSR count). The Morgan fingerprint density at radius 3 is 2.29 bits per heavy atom. The number of amides is 1. The van der Waals surface area contributed by atoms with E-state index < -0.39 is 6.61 Å². The van der Waals surface area contributed by atoms with Crippen LogP contribution in [0.25, 0.3) is 0 Å². The fourth-order valence-corrected chi connectivity index (χ4v) is 3.58. The minimum atomic E-state index is -3.01. The maximum absolute atomic E-state index is 12.2. The molecule has 0 bridgehead atoms. The average Bonchev–Trinajstić information content (AvgIpc) is 3.00. The number of benzene rings is 1. The molecular formula is C14H13Cl2F2NO2. The van der Waals surface area contributed by atoms with Gasteiger partial charge in [-0.1, -0.05) is 23.2 Å². The Kier molecular flexibility index (Phi) is 3.97. The van der Waals surface area contributed by atoms with Crippen LogP contribution in [0.5, 0.6) is 5.75 Å². The van der Waals surface area contributed by atoms with Gasteiger partial charge in [0.05, 0.1) is 10.0 Å². The Morgan fingerprint density at radius 2 is 1.76 bits per heavy atom. The van der Waals surface area contributed by atoms with Crippen molar-refractivity contribution in [3.63, 3.8) is 0 Å². The molecule has 0 spiro atoms. The van der Waals surface area contributed by atoms with E-state index >= 15 is 0 Å². The highest BCUT2D eigenvalue weighted by Crippen LogP contribution is 2.54. The van der Waals surface area contributed by atoms with Crippen LogP contribution in [0.2, 0.25) is 10.0 Å². The Labute approximate surface area is 130 Å². The first-order valence-corrected chi connectivity index (χ1v) is 7.44. The molecule has 114 valence electrons. The van der Waals surface area contributed by atoms with Gasteiger partial charge in [-0.25, -0.2) is 0 Å². The SMILES string of the molecule is O=C(Nc1cc(Cl)c(OC(F)F)c(Cl)c1)C1CC2CC2C1. The van der Waals surface area contributed by atoms with Crippen molar-refractivity contribution in [1.82, 2.24) is 0 Å². The van der Waals surface area contributed by atoms with E-state index in [0.29, 0.717) is 17.5 Å². The predicted octanol–water partition coefficient (Wildman–Crippen LogP) is 4.58. The van der Waals surface area contributed by atoms with Crippen molar-refractivity contribution in [2.24, 2.45) is 17.8 Å². The van der Waals surface area contributed by atoms with Gasteiger partial charge in [-0.05, 0) is 43.2 Å². The summed E-state index contributed by atoms with van der Waals surface area (Å²) in [5, 5.41) is 2.61. The van der Waals surface area contributed by atoms with Crippen molar-refractivity contribution in [3.05, 3.63) is 22.2 Å². The van der Waals surface area contributed by atoms with E-state index in [1.54, 1.807) is 0 Å². The molecule has 2 atom stereocenters. The van der Waals surface area contributed by atoms with Gasteiger partial charge in [0.1, 0.15) is 0 Å². The standard InChI is InChI=1S/C14H13Cl2F2NO2/c15-10-4-9(5-11(16)12(10)21-14(17)18)19-13(20)8-2-6-1-7(6)3-8/h4-8,14H,1-3H2,(H,19,20). The van der Waals surface area contributed by atoms with Crippen LogP contribution < -0.4 is 10.1 Å². The van der Waals surface area contributed by atoms with Gasteiger partial charge in [-0.2, -0.15) is 8.78 Å². The van der Waals surface area contributed by atoms with Crippen molar-refractivity contribution in [3.8, 4) is 5.75 Å². The van der Waals surface area contributed by atoms with Crippen LogP contribution in [0.3, 0.4) is 0 Å². The van der Waals surface area contributed by atoms with Crippen LogP contribution >= 0.6 is 23.2 Å². The number of carbonyl (C=O) groups is 1. The number of alkyl halides is 2. The molecule has 7 heteroatoms. The van der Waals surface area contributed by atoms with E-state index in [1.807, 2.05) is 0 Å². The normalized spacial score (nSPS) is 26.6. The van der Waals surface area contributed by atoms with Crippen molar-refractivity contribution in [2.45, 2.75) is 25.9 Å². The molecule has 21 heavy (non-hydrogen) atoms. The number of hydrogen-bond acceptors (Lipinski definition) is 2. The fourth-order valence-electron chi connectivity index (χ4n) is 3.01. The zero-order valence-corrected chi connectivity index (χ0v) is 12.4. The summed E-state index contributed by atoms with van der Waals surface area (Å²) in [5.74, 6) is 1.07. The fraction of sp³-hybridized carbons (Fsp3) is 0.500. The van der Waals surface area contributed by atoms with Gasteiger partial charge in [0.2, 0.25) is 5.91 Å². The van der Waals surface area contributed by atoms with Crippen LogP contribution in [0, 0.1) is 17.8 Å². The number of ether oxygens (including phenoxy) is 1. The van der Waals surface area contributed by atoms with Crippen LogP contribution in [-0.2, 0) is 4.79 Å². The maximum Gasteiger partial charge on any atom is 0.387 e. The minimum absolute atomic E-state index is 0.0169. The molecule has 0 saturated heterocycles. The molecule has 0 heterocycles. The number of carbonyl (C=O) groups excluding carboxylic acids is 1. The minimum Gasteiger partial charge on any atom is -0.432 e. The topological polar surface area (TPSA) is 38.3 Å². The van der Waals surface area contributed by atoms with Gasteiger partial charge in [0, 0.05) is 11.6 Å². The van der Waals surface area contributed by atoms with Gasteiger partial charge in [-0.15, -0.1) is 0 Å². The highest BCUT2D eigenvalue weighted by molar-refractivity contribution is 6.37. The molecule has 2 aliphatic rings. The number of halogens is 4. The first-order valence-electron chi connectivity index (χ1n) is 6.68. The Morgan fingerprint density at radius 1 is 1.19 bits per heavy atom. The van der Waals surface area contributed by atoms with Gasteiger partial charge < -0.3 is 10.1 Å². The van der Waals surface area contributed by atoms with Crippen molar-refractivity contribution in [2.75, 3.05) is 5.32 Å². The van der Waals surface area contributed by atoms with E-state index in [1.165, 1.54) is 18.6 Å². The summed E-state index contributed by atoms with van der Waals surface area (Å²) in [5.41, 5.74) is 0.386. The lowest BCUT2D eigenvalue weighted by atomic mass is 10.0. The average molecular weight is 336 g/mol. The summed E-state index contributed by atoms with van der Waals surface area (Å²) in [6.07, 6.45) is 3.08. The van der Waals surface area contributed by atoms with Crippen molar-refractivity contribution < 1.29 is 18.3 Å². The third kappa shape index (κ3) is 3.24. The summed E-state index contributed by atoms with van der Waals surface area (Å²) >= 11 is 11.7. The molecule has 2 aliphatic carbocycles. The largest absolute Gasteiger partial charge is 0.432 e. The van der Waals surface area contributed by atoms with Gasteiger partial charge in [0.15, 0.2) is 5.75 Å². The van der Waals surface area contributed by atoms with E-state index in [9.17, 15) is 13.6 Å². The molecule has 1 amide bonds. The first-order chi connectivity index (χ1) is 9.94. The summed E-state index contributed by atoms with van der Waals surface area (Å²) in [7, 11) is 0. The highest BCUT2D eigenvalue weighted by Gasteiger charge is 2.47. The third-order valence-corrected chi connectivity index (χ3v) is 4.65. The van der Waals surface area contributed by atoms with Crippen LogP contribution in [-0.4, -0.2) is 12.5 Å². The Hall–Kier alpha value is -1.07. The number of fused-ring (bicyclic) bond motifs is 1. The van der Waals surface area contributed by atoms with E-state index in [-0.39, 0.29) is 27.6 Å². The van der Waals surface area contributed by atoms with Crippen molar-refractivity contribution in [1.29, 1.82) is 0 Å². The molecule has 2 saturated carbocycles. The van der Waals surface area contributed by atoms with Gasteiger partial charge in [-0.3, -0.25) is 4.79 Å². The summed E-state index contributed by atoms with van der Waals surface area (Å²) in [6, 6.07) is 2.72. The van der Waals surface area contributed by atoms with Gasteiger partial charge in [0.25, 0.3) is 0 Å². The summed E-state index contributed by atoms with van der Waals surface area (Å²) < 4.78 is 28.7. The van der Waals surface area contributed by atoms with E-state index in [2.05, 4.69) is 10.1 Å². The molecule has 0 aliphatic heterocycles. The second-order valence-electron chi connectivity index (χ2n) is 5.56. The number of hydrogen-bond donors (Lipinski definition) is 1. The predicted molar refractivity (Wildman–Crippen MR) is 76.0 cm³/mol. The lowest BCUT2D eigenvalue weighted by molar-refractivity contribution is -0.120. The molecule has 0 aromatic heterocycles. The zero-order chi connectivity index (χ0) is 15.1. The zero-order valence-electron chi connectivity index (χ0n) is 10.9.